The largest absolute Gasteiger partial charge is 0.479 e. The minimum absolute atomic E-state index is 0.0890. The molecule has 0 amide bonds. The molecule has 1 aliphatic heterocycles. The highest BCUT2D eigenvalue weighted by Crippen LogP contribution is 2.45. The number of hydrogen-bond acceptors (Lipinski definition) is 4. The molecule has 1 atom stereocenters. The van der Waals surface area contributed by atoms with Crippen LogP contribution in [0.2, 0.25) is 0 Å². The zero-order valence-electron chi connectivity index (χ0n) is 15.6. The molecule has 0 fully saturated rings. The van der Waals surface area contributed by atoms with Crippen LogP contribution in [0.4, 0.5) is 0 Å². The number of fused-ring (bicyclic) bond motifs is 4. The van der Waals surface area contributed by atoms with Crippen molar-refractivity contribution >= 4 is 11.9 Å². The monoisotopic (exact) mass is 385 g/mol. The smallest absolute Gasteiger partial charge is 0.342 e. The second-order valence-corrected chi connectivity index (χ2v) is 7.39. The van der Waals surface area contributed by atoms with Crippen LogP contribution in [0.5, 0.6) is 0 Å². The summed E-state index contributed by atoms with van der Waals surface area (Å²) in [6.45, 7) is 0.401. The molecule has 2 aliphatic rings. The Labute approximate surface area is 168 Å². The number of aliphatic carboxylic acids is 1. The van der Waals surface area contributed by atoms with E-state index in [2.05, 4.69) is 17.4 Å². The van der Waals surface area contributed by atoms with Crippen LogP contribution in [0.3, 0.4) is 0 Å². The van der Waals surface area contributed by atoms with Gasteiger partial charge in [-0.15, -0.1) is 0 Å². The Morgan fingerprint density at radius 3 is 2.17 bits per heavy atom. The van der Waals surface area contributed by atoms with Crippen LogP contribution in [-0.4, -0.2) is 23.7 Å². The summed E-state index contributed by atoms with van der Waals surface area (Å²) < 4.78 is 5.66. The zero-order chi connectivity index (χ0) is 20.0. The first kappa shape index (κ1) is 17.6. The van der Waals surface area contributed by atoms with Gasteiger partial charge in [0.25, 0.3) is 0 Å². The fourth-order valence-corrected chi connectivity index (χ4v) is 4.53. The molecule has 0 radical (unpaired) electrons. The van der Waals surface area contributed by atoms with E-state index in [4.69, 9.17) is 4.74 Å². The fraction of sp³-hybridized carbons (Fsp3) is 0.167. The van der Waals surface area contributed by atoms with Crippen LogP contribution in [-0.2, 0) is 26.4 Å². The number of carboxylic acid groups (broad SMARTS) is 1. The summed E-state index contributed by atoms with van der Waals surface area (Å²) in [6, 6.07) is 23.2. The standard InChI is InChI=1S/C24H19NO4/c26-22(27)24(21-12-6-1-7-15(21)13-25-24)23(28)29-14-20-18-10-4-2-8-16(18)17-9-3-5-11-19(17)20/h1-12,20,25H,13-14H2,(H,26,27)/t24-/m0/s1. The molecule has 0 spiro atoms. The predicted octanol–water partition coefficient (Wildman–Crippen LogP) is 3.43. The van der Waals surface area contributed by atoms with Crippen molar-refractivity contribution in [1.29, 1.82) is 0 Å². The first-order valence-corrected chi connectivity index (χ1v) is 9.55. The van der Waals surface area contributed by atoms with Gasteiger partial charge in [-0.2, -0.15) is 0 Å². The number of esters is 1. The van der Waals surface area contributed by atoms with Crippen LogP contribution >= 0.6 is 0 Å². The van der Waals surface area contributed by atoms with E-state index in [-0.39, 0.29) is 12.5 Å². The molecule has 1 heterocycles. The van der Waals surface area contributed by atoms with Crippen molar-refractivity contribution in [1.82, 2.24) is 5.32 Å². The lowest BCUT2D eigenvalue weighted by Crippen LogP contribution is -2.52. The summed E-state index contributed by atoms with van der Waals surface area (Å²) in [5, 5.41) is 12.8. The predicted molar refractivity (Wildman–Crippen MR) is 107 cm³/mol. The summed E-state index contributed by atoms with van der Waals surface area (Å²) in [4.78, 5) is 25.2. The van der Waals surface area contributed by atoms with Gasteiger partial charge in [-0.1, -0.05) is 72.8 Å². The number of benzene rings is 3. The fourth-order valence-electron chi connectivity index (χ4n) is 4.53. The number of hydrogen-bond donors (Lipinski definition) is 2. The molecule has 2 N–H and O–H groups in total. The van der Waals surface area contributed by atoms with Crippen LogP contribution in [0.25, 0.3) is 11.1 Å². The van der Waals surface area contributed by atoms with Crippen molar-refractivity contribution in [3.8, 4) is 11.1 Å². The van der Waals surface area contributed by atoms with Gasteiger partial charge in [0.05, 0.1) is 0 Å². The maximum absolute atomic E-state index is 13.1. The molecule has 144 valence electrons. The highest BCUT2D eigenvalue weighted by Gasteiger charge is 2.53. The molecule has 5 heteroatoms. The first-order chi connectivity index (χ1) is 14.1. The molecule has 1 aliphatic carbocycles. The van der Waals surface area contributed by atoms with Crippen molar-refractivity contribution in [2.24, 2.45) is 0 Å². The Bertz CT molecular complexity index is 1090. The van der Waals surface area contributed by atoms with E-state index in [0.29, 0.717) is 12.1 Å². The number of rotatable bonds is 4. The first-order valence-electron chi connectivity index (χ1n) is 9.55. The molecule has 0 aromatic heterocycles. The van der Waals surface area contributed by atoms with E-state index in [1.165, 1.54) is 0 Å². The van der Waals surface area contributed by atoms with Crippen LogP contribution in [0.1, 0.15) is 28.2 Å². The molecule has 0 saturated heterocycles. The van der Waals surface area contributed by atoms with Gasteiger partial charge >= 0.3 is 11.9 Å². The van der Waals surface area contributed by atoms with Crippen LogP contribution in [0.15, 0.2) is 72.8 Å². The van der Waals surface area contributed by atoms with Crippen LogP contribution in [0, 0.1) is 0 Å². The molecule has 3 aromatic carbocycles. The van der Waals surface area contributed by atoms with Gasteiger partial charge in [0.1, 0.15) is 6.61 Å². The highest BCUT2D eigenvalue weighted by molar-refractivity contribution is 6.06. The number of carboxylic acids is 1. The van der Waals surface area contributed by atoms with Gasteiger partial charge in [0.15, 0.2) is 0 Å². The Balaban J connectivity index is 1.46. The minimum Gasteiger partial charge on any atom is -0.479 e. The Morgan fingerprint density at radius 1 is 0.931 bits per heavy atom. The lowest BCUT2D eigenvalue weighted by atomic mass is 9.90. The SMILES string of the molecule is O=C(O)[C@@]1(C(=O)OCC2c3ccccc3-c3ccccc32)NCc2ccccc21. The maximum atomic E-state index is 13.1. The minimum atomic E-state index is -1.87. The Hall–Kier alpha value is -3.44. The van der Waals surface area contributed by atoms with Gasteiger partial charge < -0.3 is 9.84 Å². The number of carbonyl (C=O) groups is 2. The molecule has 5 rings (SSSR count). The summed E-state index contributed by atoms with van der Waals surface area (Å²) in [5.74, 6) is -2.15. The molecule has 0 bridgehead atoms. The summed E-state index contributed by atoms with van der Waals surface area (Å²) in [7, 11) is 0. The van der Waals surface area contributed by atoms with E-state index in [9.17, 15) is 14.7 Å². The number of ether oxygens (including phenoxy) is 1. The third-order valence-electron chi connectivity index (χ3n) is 5.94. The lowest BCUT2D eigenvalue weighted by Gasteiger charge is -2.25. The van der Waals surface area contributed by atoms with E-state index in [1.807, 2.05) is 48.5 Å². The highest BCUT2D eigenvalue weighted by atomic mass is 16.5. The third-order valence-corrected chi connectivity index (χ3v) is 5.94. The maximum Gasteiger partial charge on any atom is 0.342 e. The quantitative estimate of drug-likeness (QED) is 0.532. The lowest BCUT2D eigenvalue weighted by molar-refractivity contribution is -0.163. The molecule has 0 unspecified atom stereocenters. The van der Waals surface area contributed by atoms with Crippen molar-refractivity contribution in [2.45, 2.75) is 18.0 Å². The van der Waals surface area contributed by atoms with Crippen molar-refractivity contribution in [2.75, 3.05) is 6.61 Å². The zero-order valence-corrected chi connectivity index (χ0v) is 15.6. The van der Waals surface area contributed by atoms with E-state index < -0.39 is 17.5 Å². The normalized spacial score (nSPS) is 19.3. The average molecular weight is 385 g/mol. The third kappa shape index (κ3) is 2.51. The molecule has 0 saturated carbocycles. The molecular formula is C24H19NO4. The topological polar surface area (TPSA) is 75.6 Å². The Morgan fingerprint density at radius 2 is 1.52 bits per heavy atom. The summed E-state index contributed by atoms with van der Waals surface area (Å²) >= 11 is 0. The van der Waals surface area contributed by atoms with Gasteiger partial charge in [0, 0.05) is 12.5 Å². The summed E-state index contributed by atoms with van der Waals surface area (Å²) in [6.07, 6.45) is 0. The molecule has 29 heavy (non-hydrogen) atoms. The van der Waals surface area contributed by atoms with Gasteiger partial charge in [-0.3, -0.25) is 5.32 Å². The average Bonchev–Trinajstić information content (AvgIpc) is 3.29. The van der Waals surface area contributed by atoms with Gasteiger partial charge in [-0.05, 0) is 33.4 Å². The molecule has 5 nitrogen and oxygen atoms in total. The van der Waals surface area contributed by atoms with Crippen molar-refractivity contribution in [3.63, 3.8) is 0 Å². The van der Waals surface area contributed by atoms with Crippen molar-refractivity contribution < 1.29 is 19.4 Å². The number of nitrogens with one attached hydrogen (secondary N) is 1. The van der Waals surface area contributed by atoms with E-state index in [1.54, 1.807) is 12.1 Å². The van der Waals surface area contributed by atoms with Crippen molar-refractivity contribution in [3.05, 3.63) is 95.1 Å². The van der Waals surface area contributed by atoms with Gasteiger partial charge in [-0.25, -0.2) is 9.59 Å². The van der Waals surface area contributed by atoms with E-state index >= 15 is 0 Å². The van der Waals surface area contributed by atoms with Gasteiger partial charge in [0.2, 0.25) is 5.54 Å². The van der Waals surface area contributed by atoms with E-state index in [0.717, 1.165) is 27.8 Å². The number of carbonyl (C=O) groups excluding carboxylic acids is 1. The Kier molecular flexibility index (Phi) is 4.00. The second-order valence-electron chi connectivity index (χ2n) is 7.39. The summed E-state index contributed by atoms with van der Waals surface area (Å²) in [5.41, 5.74) is 3.81. The molecular weight excluding hydrogens is 366 g/mol. The molecule has 3 aromatic rings. The van der Waals surface area contributed by atoms with Crippen LogP contribution < -0.4 is 5.32 Å². The second kappa shape index (κ2) is 6.57.